The molecule has 6 nitrogen and oxygen atoms in total. The number of nitrogens with one attached hydrogen (secondary N) is 1. The molecule has 0 aliphatic rings. The van der Waals surface area contributed by atoms with Crippen molar-refractivity contribution in [3.8, 4) is 0 Å². The third-order valence-electron chi connectivity index (χ3n) is 1.97. The molecule has 0 saturated heterocycles. The minimum absolute atomic E-state index is 0.0913. The molecular formula is C9H15N5O. The average Bonchev–Trinajstić information content (AvgIpc) is 2.10. The minimum atomic E-state index is -0.355. The Morgan fingerprint density at radius 2 is 2.07 bits per heavy atom. The first-order chi connectivity index (χ1) is 6.99. The molecular weight excluding hydrogens is 194 g/mol. The number of primary amides is 1. The summed E-state index contributed by atoms with van der Waals surface area (Å²) in [5.74, 6) is 0.0682. The molecule has 0 fully saturated rings. The van der Waals surface area contributed by atoms with Crippen LogP contribution in [0.1, 0.15) is 24.7 Å². The number of rotatable bonds is 4. The second kappa shape index (κ2) is 4.68. The maximum absolute atomic E-state index is 10.6. The van der Waals surface area contributed by atoms with Crippen molar-refractivity contribution in [3.05, 3.63) is 11.4 Å². The molecule has 1 rings (SSSR count). The van der Waals surface area contributed by atoms with E-state index in [0.29, 0.717) is 5.95 Å². The van der Waals surface area contributed by atoms with Crippen molar-refractivity contribution in [3.63, 3.8) is 0 Å². The smallest absolute Gasteiger partial charge is 0.243 e. The van der Waals surface area contributed by atoms with Gasteiger partial charge < -0.3 is 11.1 Å². The monoisotopic (exact) mass is 209 g/mol. The number of hydrogen-bond donors (Lipinski definition) is 2. The van der Waals surface area contributed by atoms with Gasteiger partial charge in [-0.25, -0.2) is 4.98 Å². The van der Waals surface area contributed by atoms with Gasteiger partial charge in [0.1, 0.15) is 0 Å². The number of amides is 1. The van der Waals surface area contributed by atoms with Gasteiger partial charge in [0.25, 0.3) is 0 Å². The zero-order chi connectivity index (χ0) is 11.4. The van der Waals surface area contributed by atoms with Crippen molar-refractivity contribution in [2.45, 2.75) is 33.2 Å². The molecule has 3 N–H and O–H groups in total. The molecule has 1 unspecified atom stereocenters. The van der Waals surface area contributed by atoms with Crippen LogP contribution in [0, 0.1) is 13.8 Å². The van der Waals surface area contributed by atoms with E-state index in [1.165, 1.54) is 0 Å². The molecule has 1 aromatic heterocycles. The van der Waals surface area contributed by atoms with E-state index in [1.807, 2.05) is 20.8 Å². The molecule has 82 valence electrons. The van der Waals surface area contributed by atoms with E-state index in [0.717, 1.165) is 11.4 Å². The van der Waals surface area contributed by atoms with E-state index in [9.17, 15) is 4.79 Å². The molecule has 6 heteroatoms. The fourth-order valence-electron chi connectivity index (χ4n) is 1.09. The topological polar surface area (TPSA) is 93.8 Å². The average molecular weight is 209 g/mol. The van der Waals surface area contributed by atoms with Crippen LogP contribution in [0.3, 0.4) is 0 Å². The van der Waals surface area contributed by atoms with Crippen molar-refractivity contribution in [1.29, 1.82) is 0 Å². The van der Waals surface area contributed by atoms with Crippen molar-refractivity contribution in [2.24, 2.45) is 5.73 Å². The number of carbonyl (C=O) groups is 1. The summed E-state index contributed by atoms with van der Waals surface area (Å²) in [5, 5.41) is 10.7. The molecule has 15 heavy (non-hydrogen) atoms. The second-order valence-electron chi connectivity index (χ2n) is 3.52. The Balaban J connectivity index is 2.64. The summed E-state index contributed by atoms with van der Waals surface area (Å²) in [4.78, 5) is 14.8. The normalized spacial score (nSPS) is 12.2. The van der Waals surface area contributed by atoms with Crippen molar-refractivity contribution < 1.29 is 4.79 Å². The fraction of sp³-hybridized carbons (Fsp3) is 0.556. The number of hydrogen-bond acceptors (Lipinski definition) is 5. The predicted molar refractivity (Wildman–Crippen MR) is 56.2 cm³/mol. The molecule has 0 radical (unpaired) electrons. The maximum atomic E-state index is 10.6. The van der Waals surface area contributed by atoms with Crippen LogP contribution < -0.4 is 11.1 Å². The summed E-state index contributed by atoms with van der Waals surface area (Å²) in [5.41, 5.74) is 6.68. The molecule has 0 aromatic carbocycles. The molecule has 1 heterocycles. The summed E-state index contributed by atoms with van der Waals surface area (Å²) in [7, 11) is 0. The lowest BCUT2D eigenvalue weighted by Gasteiger charge is -2.11. The summed E-state index contributed by atoms with van der Waals surface area (Å²) in [6.45, 7) is 5.53. The van der Waals surface area contributed by atoms with E-state index in [-0.39, 0.29) is 18.4 Å². The van der Waals surface area contributed by atoms with Gasteiger partial charge in [-0.3, -0.25) is 4.79 Å². The van der Waals surface area contributed by atoms with Gasteiger partial charge in [0.2, 0.25) is 11.9 Å². The van der Waals surface area contributed by atoms with Crippen molar-refractivity contribution >= 4 is 11.9 Å². The van der Waals surface area contributed by atoms with Crippen molar-refractivity contribution in [2.75, 3.05) is 5.32 Å². The lowest BCUT2D eigenvalue weighted by atomic mass is 10.2. The summed E-state index contributed by atoms with van der Waals surface area (Å²) >= 11 is 0. The highest BCUT2D eigenvalue weighted by Crippen LogP contribution is 2.04. The van der Waals surface area contributed by atoms with E-state index >= 15 is 0 Å². The van der Waals surface area contributed by atoms with E-state index in [2.05, 4.69) is 20.5 Å². The highest BCUT2D eigenvalue weighted by Gasteiger charge is 2.08. The number of aromatic nitrogens is 3. The molecule has 0 aliphatic heterocycles. The first-order valence-corrected chi connectivity index (χ1v) is 4.72. The van der Waals surface area contributed by atoms with Crippen LogP contribution in [0.25, 0.3) is 0 Å². The van der Waals surface area contributed by atoms with Crippen LogP contribution in [-0.2, 0) is 4.79 Å². The zero-order valence-electron chi connectivity index (χ0n) is 9.11. The largest absolute Gasteiger partial charge is 0.370 e. The Labute approximate surface area is 88.3 Å². The van der Waals surface area contributed by atoms with Gasteiger partial charge in [-0.05, 0) is 20.8 Å². The van der Waals surface area contributed by atoms with Crippen LogP contribution in [-0.4, -0.2) is 27.1 Å². The van der Waals surface area contributed by atoms with Crippen LogP contribution in [0.5, 0.6) is 0 Å². The molecule has 0 bridgehead atoms. The Bertz CT molecular complexity index is 366. The second-order valence-corrected chi connectivity index (χ2v) is 3.52. The standard InChI is InChI=1S/C9H15N5O/c1-5(4-8(10)15)11-9-12-6(2)7(3)13-14-9/h5H,4H2,1-3H3,(H2,10,15)(H,11,12,14). The summed E-state index contributed by atoms with van der Waals surface area (Å²) < 4.78 is 0. The van der Waals surface area contributed by atoms with Gasteiger partial charge in [0, 0.05) is 12.5 Å². The minimum Gasteiger partial charge on any atom is -0.370 e. The van der Waals surface area contributed by atoms with Gasteiger partial charge in [-0.2, -0.15) is 5.10 Å². The fourth-order valence-corrected chi connectivity index (χ4v) is 1.09. The van der Waals surface area contributed by atoms with Crippen LogP contribution in [0.4, 0.5) is 5.95 Å². The van der Waals surface area contributed by atoms with E-state index in [4.69, 9.17) is 5.73 Å². The van der Waals surface area contributed by atoms with Crippen molar-refractivity contribution in [1.82, 2.24) is 15.2 Å². The van der Waals surface area contributed by atoms with Crippen LogP contribution in [0.2, 0.25) is 0 Å². The SMILES string of the molecule is Cc1nnc(NC(C)CC(N)=O)nc1C. The maximum Gasteiger partial charge on any atom is 0.243 e. The molecule has 1 aromatic rings. The predicted octanol–water partition coefficient (Wildman–Crippen LogP) is 0.164. The van der Waals surface area contributed by atoms with Gasteiger partial charge in [-0.15, -0.1) is 5.10 Å². The lowest BCUT2D eigenvalue weighted by Crippen LogP contribution is -2.25. The third-order valence-corrected chi connectivity index (χ3v) is 1.97. The number of aryl methyl sites for hydroxylation is 2. The Morgan fingerprint density at radius 3 is 2.60 bits per heavy atom. The lowest BCUT2D eigenvalue weighted by molar-refractivity contribution is -0.118. The van der Waals surface area contributed by atoms with Gasteiger partial charge in [0.15, 0.2) is 0 Å². The van der Waals surface area contributed by atoms with Gasteiger partial charge >= 0.3 is 0 Å². The Hall–Kier alpha value is -1.72. The number of carbonyl (C=O) groups excluding carboxylic acids is 1. The zero-order valence-corrected chi connectivity index (χ0v) is 9.11. The van der Waals surface area contributed by atoms with Crippen LogP contribution >= 0.6 is 0 Å². The van der Waals surface area contributed by atoms with E-state index < -0.39 is 0 Å². The highest BCUT2D eigenvalue weighted by molar-refractivity contribution is 5.74. The Kier molecular flexibility index (Phi) is 3.54. The van der Waals surface area contributed by atoms with Crippen LogP contribution in [0.15, 0.2) is 0 Å². The molecule has 1 atom stereocenters. The summed E-state index contributed by atoms with van der Waals surface area (Å²) in [6.07, 6.45) is 0.246. The third kappa shape index (κ3) is 3.49. The number of anilines is 1. The molecule has 1 amide bonds. The molecule has 0 saturated carbocycles. The Morgan fingerprint density at radius 1 is 1.40 bits per heavy atom. The first-order valence-electron chi connectivity index (χ1n) is 4.72. The first kappa shape index (κ1) is 11.4. The summed E-state index contributed by atoms with van der Waals surface area (Å²) in [6, 6.07) is -0.0913. The van der Waals surface area contributed by atoms with E-state index in [1.54, 1.807) is 0 Å². The number of nitrogens with two attached hydrogens (primary N) is 1. The molecule has 0 spiro atoms. The highest BCUT2D eigenvalue weighted by atomic mass is 16.1. The number of nitrogens with zero attached hydrogens (tertiary/aromatic N) is 3. The van der Waals surface area contributed by atoms with Gasteiger partial charge in [0.05, 0.1) is 11.4 Å². The van der Waals surface area contributed by atoms with Gasteiger partial charge in [-0.1, -0.05) is 0 Å². The quantitative estimate of drug-likeness (QED) is 0.737. The molecule has 0 aliphatic carbocycles.